The van der Waals surface area contributed by atoms with Crippen LogP contribution in [0.4, 0.5) is 5.69 Å². The van der Waals surface area contributed by atoms with Gasteiger partial charge < -0.3 is 27.4 Å². The zero-order valence-electron chi connectivity index (χ0n) is 16.5. The van der Waals surface area contributed by atoms with Crippen LogP contribution < -0.4 is 17.2 Å². The van der Waals surface area contributed by atoms with Crippen molar-refractivity contribution in [3.05, 3.63) is 33.9 Å². The Morgan fingerprint density at radius 3 is 2.28 bits per heavy atom. The van der Waals surface area contributed by atoms with Crippen molar-refractivity contribution in [3.63, 3.8) is 0 Å². The summed E-state index contributed by atoms with van der Waals surface area (Å²) in [5.74, 6) is -1.43. The number of nitrogens with zero attached hydrogens (tertiary/aromatic N) is 1. The number of nitro benzene ring substituents is 1. The van der Waals surface area contributed by atoms with E-state index in [1.54, 1.807) is 0 Å². The lowest BCUT2D eigenvalue weighted by Crippen LogP contribution is -2.29. The molecule has 10 nitrogen and oxygen atoms in total. The summed E-state index contributed by atoms with van der Waals surface area (Å²) in [7, 11) is 0. The number of carboxylic acids is 1. The molecule has 1 atom stereocenters. The van der Waals surface area contributed by atoms with Crippen molar-refractivity contribution in [2.24, 2.45) is 17.2 Å². The number of unbranched alkanes of at least 4 members (excludes halogenated alkanes) is 1. The molecule has 2 rings (SSSR count). The number of phenols is 1. The van der Waals surface area contributed by atoms with Crippen LogP contribution in [-0.4, -0.2) is 46.0 Å². The third-order valence-corrected chi connectivity index (χ3v) is 4.27. The first-order chi connectivity index (χ1) is 13.7. The average molecular weight is 412 g/mol. The first-order valence-electron chi connectivity index (χ1n) is 9.59. The smallest absolute Gasteiger partial charge is 0.320 e. The van der Waals surface area contributed by atoms with E-state index >= 15 is 0 Å². The van der Waals surface area contributed by atoms with Gasteiger partial charge in [-0.1, -0.05) is 25.7 Å². The molecule has 8 N–H and O–H groups in total. The van der Waals surface area contributed by atoms with Gasteiger partial charge in [-0.2, -0.15) is 0 Å². The van der Waals surface area contributed by atoms with Gasteiger partial charge in [0.25, 0.3) is 0 Å². The van der Waals surface area contributed by atoms with E-state index in [0.29, 0.717) is 25.3 Å². The molecule has 10 heteroatoms. The van der Waals surface area contributed by atoms with Gasteiger partial charge in [0, 0.05) is 17.7 Å². The number of benzene rings is 1. The van der Waals surface area contributed by atoms with Crippen molar-refractivity contribution < 1.29 is 24.7 Å². The van der Waals surface area contributed by atoms with Gasteiger partial charge in [0.2, 0.25) is 0 Å². The highest BCUT2D eigenvalue weighted by atomic mass is 16.6. The number of nitro groups is 1. The third-order valence-electron chi connectivity index (χ3n) is 4.27. The lowest BCUT2D eigenvalue weighted by Gasteiger charge is -2.15. The summed E-state index contributed by atoms with van der Waals surface area (Å²) in [6, 6.07) is 3.22. The number of aromatic hydroxyl groups is 1. The Morgan fingerprint density at radius 1 is 1.28 bits per heavy atom. The zero-order chi connectivity index (χ0) is 22.2. The van der Waals surface area contributed by atoms with Crippen LogP contribution in [0.2, 0.25) is 0 Å². The fraction of sp³-hybridized carbons (Fsp3) is 0.579. The number of aldehydes is 1. The summed E-state index contributed by atoms with van der Waals surface area (Å²) in [6.07, 6.45) is 9.33. The van der Waals surface area contributed by atoms with E-state index in [2.05, 4.69) is 0 Å². The monoisotopic (exact) mass is 412 g/mol. The van der Waals surface area contributed by atoms with Crippen LogP contribution in [-0.2, 0) is 4.79 Å². The van der Waals surface area contributed by atoms with E-state index in [4.69, 9.17) is 27.4 Å². The minimum absolute atomic E-state index is 0.207. The standard InChI is InChI=1S/C7H5NO4.C6H14N2O2.C6H13N/c9-4-5-1-2-6(8(11)12)7(10)3-5;7-4-2-1-3-5(8)6(9)10;7-6-4-2-1-3-5-6/h1-4,10H;5H,1-4,7-8H2,(H,9,10);6H,1-5,7H2/t;5-;/m.0./s1. The molecule has 0 bridgehead atoms. The largest absolute Gasteiger partial charge is 0.502 e. The molecule has 1 aliphatic rings. The Morgan fingerprint density at radius 2 is 1.90 bits per heavy atom. The second-order valence-corrected chi connectivity index (χ2v) is 6.75. The lowest BCUT2D eigenvalue weighted by molar-refractivity contribution is -0.385. The van der Waals surface area contributed by atoms with Crippen molar-refractivity contribution in [3.8, 4) is 5.75 Å². The fourth-order valence-electron chi connectivity index (χ4n) is 2.53. The van der Waals surface area contributed by atoms with Gasteiger partial charge in [0.15, 0.2) is 5.75 Å². The number of carbonyl (C=O) groups is 2. The second kappa shape index (κ2) is 15.4. The third kappa shape index (κ3) is 12.5. The van der Waals surface area contributed by atoms with Gasteiger partial charge in [0.05, 0.1) is 4.92 Å². The van der Waals surface area contributed by atoms with E-state index in [-0.39, 0.29) is 5.56 Å². The van der Waals surface area contributed by atoms with Crippen LogP contribution in [0.25, 0.3) is 0 Å². The minimum Gasteiger partial charge on any atom is -0.502 e. The van der Waals surface area contributed by atoms with E-state index in [0.717, 1.165) is 25.0 Å². The molecule has 1 aromatic rings. The Bertz CT molecular complexity index is 635. The van der Waals surface area contributed by atoms with Gasteiger partial charge in [0.1, 0.15) is 12.3 Å². The highest BCUT2D eigenvalue weighted by molar-refractivity contribution is 5.76. The Labute approximate surface area is 170 Å². The molecule has 1 aliphatic carbocycles. The van der Waals surface area contributed by atoms with Crippen LogP contribution in [0.1, 0.15) is 61.7 Å². The summed E-state index contributed by atoms with van der Waals surface area (Å²) in [6.45, 7) is 0.604. The maximum absolute atomic E-state index is 10.2. The highest BCUT2D eigenvalue weighted by Crippen LogP contribution is 2.25. The number of hydrogen-bond acceptors (Lipinski definition) is 8. The van der Waals surface area contributed by atoms with Gasteiger partial charge in [-0.15, -0.1) is 0 Å². The average Bonchev–Trinajstić information content (AvgIpc) is 2.69. The van der Waals surface area contributed by atoms with Crippen LogP contribution >= 0.6 is 0 Å². The molecule has 0 saturated heterocycles. The fourth-order valence-corrected chi connectivity index (χ4v) is 2.53. The second-order valence-electron chi connectivity index (χ2n) is 6.75. The molecule has 0 aliphatic heterocycles. The molecule has 0 radical (unpaired) electrons. The van der Waals surface area contributed by atoms with Crippen molar-refractivity contribution in [2.45, 2.75) is 63.5 Å². The predicted octanol–water partition coefficient (Wildman–Crippen LogP) is 1.92. The number of rotatable bonds is 7. The number of carbonyl (C=O) groups excluding carboxylic acids is 1. The number of phenolic OH excluding ortho intramolecular Hbond substituents is 1. The van der Waals surface area contributed by atoms with Crippen LogP contribution in [0.15, 0.2) is 18.2 Å². The molecule has 0 spiro atoms. The number of hydrogen-bond donors (Lipinski definition) is 5. The first kappa shape index (κ1) is 26.4. The van der Waals surface area contributed by atoms with E-state index in [9.17, 15) is 19.7 Å². The summed E-state index contributed by atoms with van der Waals surface area (Å²) in [4.78, 5) is 29.8. The molecule has 0 heterocycles. The molecule has 0 amide bonds. The van der Waals surface area contributed by atoms with Crippen molar-refractivity contribution >= 4 is 17.9 Å². The molecule has 164 valence electrons. The topological polar surface area (TPSA) is 196 Å². The predicted molar refractivity (Wildman–Crippen MR) is 110 cm³/mol. The van der Waals surface area contributed by atoms with Crippen LogP contribution in [0.5, 0.6) is 5.75 Å². The lowest BCUT2D eigenvalue weighted by atomic mass is 9.97. The maximum Gasteiger partial charge on any atom is 0.320 e. The molecular formula is C19H32N4O6. The summed E-state index contributed by atoms with van der Waals surface area (Å²) >= 11 is 0. The SMILES string of the molecule is NC1CCCCC1.NCCCC[C@H](N)C(=O)O.O=Cc1ccc([N+](=O)[O-])c(O)c1. The molecule has 1 aromatic carbocycles. The highest BCUT2D eigenvalue weighted by Gasteiger charge is 2.12. The van der Waals surface area contributed by atoms with E-state index in [1.165, 1.54) is 38.2 Å². The minimum atomic E-state index is -0.933. The maximum atomic E-state index is 10.2. The number of nitrogens with two attached hydrogens (primary N) is 3. The Kier molecular flexibility index (Phi) is 14.0. The normalized spacial score (nSPS) is 14.4. The Hall–Kier alpha value is -2.56. The number of carboxylic acid groups (broad SMARTS) is 1. The van der Waals surface area contributed by atoms with Gasteiger partial charge in [-0.25, -0.2) is 0 Å². The molecule has 1 fully saturated rings. The summed E-state index contributed by atoms with van der Waals surface area (Å²) in [5, 5.41) is 27.5. The molecule has 1 saturated carbocycles. The number of aliphatic carboxylic acids is 1. The molecule has 0 unspecified atom stereocenters. The molecular weight excluding hydrogens is 380 g/mol. The summed E-state index contributed by atoms with van der Waals surface area (Å²) < 4.78 is 0. The van der Waals surface area contributed by atoms with Crippen LogP contribution in [0.3, 0.4) is 0 Å². The Balaban J connectivity index is 0.000000419. The van der Waals surface area contributed by atoms with Crippen molar-refractivity contribution in [1.82, 2.24) is 0 Å². The quantitative estimate of drug-likeness (QED) is 0.192. The van der Waals surface area contributed by atoms with E-state index < -0.39 is 28.4 Å². The van der Waals surface area contributed by atoms with Crippen molar-refractivity contribution in [2.75, 3.05) is 6.54 Å². The molecule has 0 aromatic heterocycles. The molecule has 29 heavy (non-hydrogen) atoms. The first-order valence-corrected chi connectivity index (χ1v) is 9.59. The van der Waals surface area contributed by atoms with Crippen LogP contribution in [0, 0.1) is 10.1 Å². The van der Waals surface area contributed by atoms with E-state index in [1.807, 2.05) is 0 Å². The van der Waals surface area contributed by atoms with Gasteiger partial charge in [-0.3, -0.25) is 19.7 Å². The summed E-state index contributed by atoms with van der Waals surface area (Å²) in [5.41, 5.74) is 15.9. The van der Waals surface area contributed by atoms with Gasteiger partial charge >= 0.3 is 11.7 Å². The van der Waals surface area contributed by atoms with Gasteiger partial charge in [-0.05, 0) is 44.4 Å². The zero-order valence-corrected chi connectivity index (χ0v) is 16.5. The van der Waals surface area contributed by atoms with Crippen molar-refractivity contribution in [1.29, 1.82) is 0 Å².